The Kier molecular flexibility index (Phi) is 3.88. The fourth-order valence-corrected chi connectivity index (χ4v) is 4.00. The summed E-state index contributed by atoms with van der Waals surface area (Å²) in [5.41, 5.74) is 16.2. The maximum Gasteiger partial charge on any atom is 0.0887 e. The predicted molar refractivity (Wildman–Crippen MR) is 88.4 cm³/mol. The molecule has 4 unspecified atom stereocenters. The number of nitrogens with one attached hydrogen (secondary N) is 2. The summed E-state index contributed by atoms with van der Waals surface area (Å²) in [4.78, 5) is 0. The summed E-state index contributed by atoms with van der Waals surface area (Å²) >= 11 is 0. The zero-order chi connectivity index (χ0) is 15.8. The van der Waals surface area contributed by atoms with Gasteiger partial charge in [-0.2, -0.15) is 0 Å². The first-order chi connectivity index (χ1) is 11.2. The van der Waals surface area contributed by atoms with Gasteiger partial charge in [-0.1, -0.05) is 35.5 Å². The molecular formula is C17H24N6. The normalized spacial score (nSPS) is 30.3. The predicted octanol–water partition coefficient (Wildman–Crippen LogP) is 1.28. The topological polar surface area (TPSA) is 80.8 Å². The fourth-order valence-electron chi connectivity index (χ4n) is 4.00. The van der Waals surface area contributed by atoms with E-state index in [-0.39, 0.29) is 6.17 Å². The van der Waals surface area contributed by atoms with Gasteiger partial charge in [0.05, 0.1) is 24.1 Å². The van der Waals surface area contributed by atoms with E-state index >= 15 is 0 Å². The van der Waals surface area contributed by atoms with Crippen molar-refractivity contribution < 1.29 is 0 Å². The van der Waals surface area contributed by atoms with Crippen molar-refractivity contribution in [3.63, 3.8) is 0 Å². The number of rotatable bonds is 3. The summed E-state index contributed by atoms with van der Waals surface area (Å²) in [5.74, 6) is 0.945. The Morgan fingerprint density at radius 2 is 2.04 bits per heavy atom. The summed E-state index contributed by atoms with van der Waals surface area (Å²) in [6.07, 6.45) is 3.41. The molecule has 1 saturated heterocycles. The molecule has 1 aliphatic heterocycles. The van der Waals surface area contributed by atoms with Crippen molar-refractivity contribution in [2.75, 3.05) is 0 Å². The van der Waals surface area contributed by atoms with Crippen molar-refractivity contribution in [1.29, 1.82) is 0 Å². The highest BCUT2D eigenvalue weighted by Crippen LogP contribution is 2.38. The zero-order valence-electron chi connectivity index (χ0n) is 13.4. The van der Waals surface area contributed by atoms with E-state index in [1.807, 2.05) is 10.7 Å². The zero-order valence-corrected chi connectivity index (χ0v) is 13.4. The van der Waals surface area contributed by atoms with Crippen LogP contribution in [0.1, 0.15) is 42.1 Å². The van der Waals surface area contributed by atoms with Gasteiger partial charge in [-0.15, -0.1) is 5.10 Å². The monoisotopic (exact) mass is 312 g/mol. The summed E-state index contributed by atoms with van der Waals surface area (Å²) < 4.78 is 2.02. The summed E-state index contributed by atoms with van der Waals surface area (Å²) in [7, 11) is 0. The maximum atomic E-state index is 6.16. The van der Waals surface area contributed by atoms with Crippen molar-refractivity contribution in [3.8, 4) is 0 Å². The maximum absolute atomic E-state index is 6.16. The number of hydrazine groups is 1. The van der Waals surface area contributed by atoms with Gasteiger partial charge in [0.1, 0.15) is 0 Å². The number of nitrogens with two attached hydrogens (primary N) is 1. The van der Waals surface area contributed by atoms with E-state index < -0.39 is 0 Å². The minimum atomic E-state index is 0.0440. The summed E-state index contributed by atoms with van der Waals surface area (Å²) in [6, 6.07) is 10.9. The quantitative estimate of drug-likeness (QED) is 0.795. The molecule has 2 heterocycles. The number of aromatic nitrogens is 3. The third kappa shape index (κ3) is 2.78. The Labute approximate surface area is 136 Å². The van der Waals surface area contributed by atoms with Crippen molar-refractivity contribution in [2.24, 2.45) is 11.7 Å². The number of fused-ring (bicyclic) bond motifs is 1. The molecule has 6 nitrogen and oxygen atoms in total. The molecule has 1 aromatic heterocycles. The molecule has 6 heteroatoms. The van der Waals surface area contributed by atoms with E-state index in [9.17, 15) is 0 Å². The van der Waals surface area contributed by atoms with E-state index in [0.717, 1.165) is 31.5 Å². The number of benzene rings is 1. The van der Waals surface area contributed by atoms with E-state index in [4.69, 9.17) is 5.73 Å². The second-order valence-electron chi connectivity index (χ2n) is 6.80. The minimum absolute atomic E-state index is 0.0440. The average Bonchev–Trinajstić information content (AvgIpc) is 3.12. The lowest BCUT2D eigenvalue weighted by molar-refractivity contribution is 0.275. The van der Waals surface area contributed by atoms with Crippen molar-refractivity contribution >= 4 is 0 Å². The van der Waals surface area contributed by atoms with E-state index in [0.29, 0.717) is 17.9 Å². The Bertz CT molecular complexity index is 667. The van der Waals surface area contributed by atoms with Crippen LogP contribution in [0.5, 0.6) is 0 Å². The number of nitrogens with zero attached hydrogens (tertiary/aromatic N) is 3. The highest BCUT2D eigenvalue weighted by atomic mass is 15.5. The van der Waals surface area contributed by atoms with Crippen molar-refractivity contribution in [1.82, 2.24) is 25.8 Å². The van der Waals surface area contributed by atoms with Crippen molar-refractivity contribution in [2.45, 2.75) is 50.9 Å². The molecular weight excluding hydrogens is 288 g/mol. The Balaban J connectivity index is 1.52. The number of hydrogen-bond donors (Lipinski definition) is 3. The van der Waals surface area contributed by atoms with Crippen LogP contribution in [0.15, 0.2) is 30.3 Å². The van der Waals surface area contributed by atoms with Crippen LogP contribution >= 0.6 is 0 Å². The Morgan fingerprint density at radius 3 is 2.87 bits per heavy atom. The van der Waals surface area contributed by atoms with Crippen LogP contribution in [-0.2, 0) is 6.54 Å². The highest BCUT2D eigenvalue weighted by molar-refractivity contribution is 5.19. The van der Waals surface area contributed by atoms with Crippen LogP contribution in [0.3, 0.4) is 0 Å². The average molecular weight is 312 g/mol. The van der Waals surface area contributed by atoms with Gasteiger partial charge in [-0.3, -0.25) is 5.43 Å². The second-order valence-corrected chi connectivity index (χ2v) is 6.80. The van der Waals surface area contributed by atoms with E-state index in [1.165, 1.54) is 11.3 Å². The lowest BCUT2D eigenvalue weighted by atomic mass is 9.76. The molecule has 1 aliphatic carbocycles. The molecule has 4 N–H and O–H groups in total. The van der Waals surface area contributed by atoms with Gasteiger partial charge in [0.25, 0.3) is 0 Å². The van der Waals surface area contributed by atoms with Crippen LogP contribution in [0.2, 0.25) is 0 Å². The van der Waals surface area contributed by atoms with Gasteiger partial charge in [0.2, 0.25) is 0 Å². The molecule has 4 atom stereocenters. The first kappa shape index (κ1) is 14.8. The van der Waals surface area contributed by atoms with Gasteiger partial charge in [0.15, 0.2) is 0 Å². The standard InChI is InChI=1S/C17H24N6/c1-11-16(13-7-8-15-14(9-13)17(18)21-19-15)20-22-23(11)10-12-5-3-2-4-6-12/h2-6,13-15,17,19,21H,7-10,18H2,1H3. The van der Waals surface area contributed by atoms with Crippen LogP contribution in [0.4, 0.5) is 0 Å². The first-order valence-corrected chi connectivity index (χ1v) is 8.43. The summed E-state index contributed by atoms with van der Waals surface area (Å²) in [5, 5.41) is 8.90. The molecule has 0 amide bonds. The van der Waals surface area contributed by atoms with Crippen molar-refractivity contribution in [3.05, 3.63) is 47.3 Å². The number of hydrogen-bond acceptors (Lipinski definition) is 5. The Hall–Kier alpha value is -1.76. The second kappa shape index (κ2) is 6.03. The molecule has 2 fully saturated rings. The van der Waals surface area contributed by atoms with E-state index in [1.54, 1.807) is 0 Å². The van der Waals surface area contributed by atoms with Gasteiger partial charge < -0.3 is 5.73 Å². The molecule has 0 radical (unpaired) electrons. The molecule has 2 aromatic rings. The van der Waals surface area contributed by atoms with Gasteiger partial charge >= 0.3 is 0 Å². The SMILES string of the molecule is Cc1c(C2CCC3NNC(N)C3C2)nnn1Cc1ccccc1. The van der Waals surface area contributed by atoms with Crippen LogP contribution in [0, 0.1) is 12.8 Å². The smallest absolute Gasteiger partial charge is 0.0887 e. The molecule has 23 heavy (non-hydrogen) atoms. The highest BCUT2D eigenvalue weighted by Gasteiger charge is 2.40. The fraction of sp³-hybridized carbons (Fsp3) is 0.529. The molecule has 0 bridgehead atoms. The van der Waals surface area contributed by atoms with Gasteiger partial charge in [-0.05, 0) is 31.7 Å². The first-order valence-electron chi connectivity index (χ1n) is 8.43. The van der Waals surface area contributed by atoms with E-state index in [2.05, 4.69) is 52.4 Å². The van der Waals surface area contributed by atoms with Crippen LogP contribution in [-0.4, -0.2) is 27.2 Å². The minimum Gasteiger partial charge on any atom is -0.315 e. The van der Waals surface area contributed by atoms with Gasteiger partial charge in [-0.25, -0.2) is 10.1 Å². The third-order valence-corrected chi connectivity index (χ3v) is 5.38. The summed E-state index contributed by atoms with van der Waals surface area (Å²) in [6.45, 7) is 2.91. The largest absolute Gasteiger partial charge is 0.315 e. The molecule has 122 valence electrons. The lowest BCUT2D eigenvalue weighted by Gasteiger charge is -2.31. The lowest BCUT2D eigenvalue weighted by Crippen LogP contribution is -2.39. The third-order valence-electron chi connectivity index (χ3n) is 5.38. The van der Waals surface area contributed by atoms with Gasteiger partial charge in [0, 0.05) is 17.9 Å². The molecule has 2 aliphatic rings. The van der Waals surface area contributed by atoms with Crippen LogP contribution < -0.4 is 16.6 Å². The molecule has 1 saturated carbocycles. The molecule has 1 aromatic carbocycles. The molecule has 4 rings (SSSR count). The molecule has 0 spiro atoms. The Morgan fingerprint density at radius 1 is 1.22 bits per heavy atom. The van der Waals surface area contributed by atoms with Crippen LogP contribution in [0.25, 0.3) is 0 Å².